The number of carbonyl (C=O) groups is 1. The van der Waals surface area contributed by atoms with Gasteiger partial charge in [0.2, 0.25) is 0 Å². The molecule has 6 heteroatoms. The van der Waals surface area contributed by atoms with E-state index in [1.807, 2.05) is 26.0 Å². The third-order valence-electron chi connectivity index (χ3n) is 4.47. The summed E-state index contributed by atoms with van der Waals surface area (Å²) in [6, 6.07) is 8.28. The minimum Gasteiger partial charge on any atom is -0.484 e. The van der Waals surface area contributed by atoms with E-state index >= 15 is 0 Å². The van der Waals surface area contributed by atoms with Gasteiger partial charge in [0.15, 0.2) is 6.61 Å². The number of nitrogens with one attached hydrogen (secondary N) is 1. The molecule has 3 rings (SSSR count). The first-order valence-corrected chi connectivity index (χ1v) is 9.88. The first-order chi connectivity index (χ1) is 12.6. The number of rotatable bonds is 7. The Morgan fingerprint density at radius 1 is 1.27 bits per heavy atom. The van der Waals surface area contributed by atoms with Crippen LogP contribution < -0.4 is 10.1 Å². The Kier molecular flexibility index (Phi) is 6.66. The standard InChI is InChI=1S/C20H26N2O3S/c1-15-9-16(2)11-18(10-15)25-13-20(23)21-12-19(17-3-8-26-14-17)22-4-6-24-7-5-22/h3,8-11,14,19H,4-7,12-13H2,1-2H3,(H,21,23). The minimum atomic E-state index is -0.0994. The highest BCUT2D eigenvalue weighted by Gasteiger charge is 2.23. The van der Waals surface area contributed by atoms with Gasteiger partial charge in [-0.25, -0.2) is 0 Å². The summed E-state index contributed by atoms with van der Waals surface area (Å²) in [4.78, 5) is 14.6. The van der Waals surface area contributed by atoms with E-state index in [0.29, 0.717) is 6.54 Å². The van der Waals surface area contributed by atoms with E-state index in [-0.39, 0.29) is 18.6 Å². The van der Waals surface area contributed by atoms with E-state index in [1.54, 1.807) is 11.3 Å². The van der Waals surface area contributed by atoms with E-state index in [4.69, 9.17) is 9.47 Å². The Hall–Kier alpha value is -1.89. The number of ether oxygens (including phenoxy) is 2. The maximum Gasteiger partial charge on any atom is 0.258 e. The van der Waals surface area contributed by atoms with E-state index < -0.39 is 0 Å². The number of amides is 1. The molecule has 2 aromatic rings. The van der Waals surface area contributed by atoms with Gasteiger partial charge in [0.1, 0.15) is 5.75 Å². The fourth-order valence-corrected chi connectivity index (χ4v) is 3.95. The second-order valence-electron chi connectivity index (χ2n) is 6.64. The molecule has 0 bridgehead atoms. The van der Waals surface area contributed by atoms with Gasteiger partial charge in [-0.05, 0) is 59.5 Å². The average molecular weight is 375 g/mol. The highest BCUT2D eigenvalue weighted by molar-refractivity contribution is 7.07. The van der Waals surface area contributed by atoms with Crippen molar-refractivity contribution in [1.82, 2.24) is 10.2 Å². The Morgan fingerprint density at radius 2 is 2.00 bits per heavy atom. The van der Waals surface area contributed by atoms with Crippen LogP contribution in [0.25, 0.3) is 0 Å². The molecular formula is C20H26N2O3S. The highest BCUT2D eigenvalue weighted by Crippen LogP contribution is 2.23. The largest absolute Gasteiger partial charge is 0.484 e. The maximum absolute atomic E-state index is 12.3. The number of carbonyl (C=O) groups excluding carboxylic acids is 1. The number of benzene rings is 1. The Labute approximate surface area is 158 Å². The van der Waals surface area contributed by atoms with Crippen LogP contribution in [0.3, 0.4) is 0 Å². The van der Waals surface area contributed by atoms with Crippen molar-refractivity contribution in [3.05, 3.63) is 51.7 Å². The van der Waals surface area contributed by atoms with E-state index in [2.05, 4.69) is 33.1 Å². The Bertz CT molecular complexity index is 692. The first-order valence-electron chi connectivity index (χ1n) is 8.93. The van der Waals surface area contributed by atoms with Crippen molar-refractivity contribution < 1.29 is 14.3 Å². The van der Waals surface area contributed by atoms with Crippen LogP contribution >= 0.6 is 11.3 Å². The summed E-state index contributed by atoms with van der Waals surface area (Å²) < 4.78 is 11.1. The molecule has 2 heterocycles. The normalized spacial score (nSPS) is 16.2. The van der Waals surface area contributed by atoms with Gasteiger partial charge in [0.25, 0.3) is 5.91 Å². The van der Waals surface area contributed by atoms with Crippen LogP contribution in [0.15, 0.2) is 35.0 Å². The first kappa shape index (κ1) is 18.9. The molecule has 0 radical (unpaired) electrons. The summed E-state index contributed by atoms with van der Waals surface area (Å²) in [6.45, 7) is 7.90. The van der Waals surface area contributed by atoms with Crippen molar-refractivity contribution in [2.75, 3.05) is 39.5 Å². The molecule has 0 aliphatic carbocycles. The summed E-state index contributed by atoms with van der Waals surface area (Å²) >= 11 is 1.68. The van der Waals surface area contributed by atoms with Gasteiger partial charge < -0.3 is 14.8 Å². The molecule has 1 amide bonds. The summed E-state index contributed by atoms with van der Waals surface area (Å²) in [5, 5.41) is 7.25. The molecule has 1 aliphatic rings. The molecule has 1 N–H and O–H groups in total. The molecule has 1 aromatic heterocycles. The zero-order chi connectivity index (χ0) is 18.4. The van der Waals surface area contributed by atoms with Crippen molar-refractivity contribution in [3.63, 3.8) is 0 Å². The Balaban J connectivity index is 1.53. The molecular weight excluding hydrogens is 348 g/mol. The smallest absolute Gasteiger partial charge is 0.258 e. The van der Waals surface area contributed by atoms with Crippen LogP contribution in [0.4, 0.5) is 0 Å². The summed E-state index contributed by atoms with van der Waals surface area (Å²) in [7, 11) is 0. The zero-order valence-corrected chi connectivity index (χ0v) is 16.2. The van der Waals surface area contributed by atoms with Crippen molar-refractivity contribution in [2.45, 2.75) is 19.9 Å². The van der Waals surface area contributed by atoms with Gasteiger partial charge in [-0.15, -0.1) is 0 Å². The maximum atomic E-state index is 12.3. The molecule has 1 fully saturated rings. The predicted molar refractivity (Wildman–Crippen MR) is 104 cm³/mol. The van der Waals surface area contributed by atoms with Crippen LogP contribution in [-0.2, 0) is 9.53 Å². The lowest BCUT2D eigenvalue weighted by molar-refractivity contribution is -0.123. The molecule has 1 atom stereocenters. The van der Waals surface area contributed by atoms with Gasteiger partial charge >= 0.3 is 0 Å². The summed E-state index contributed by atoms with van der Waals surface area (Å²) in [5.41, 5.74) is 3.50. The zero-order valence-electron chi connectivity index (χ0n) is 15.4. The van der Waals surface area contributed by atoms with Gasteiger partial charge in [-0.2, -0.15) is 11.3 Å². The van der Waals surface area contributed by atoms with Crippen molar-refractivity contribution in [2.24, 2.45) is 0 Å². The monoisotopic (exact) mass is 374 g/mol. The molecule has 1 aliphatic heterocycles. The molecule has 0 spiro atoms. The molecule has 1 saturated heterocycles. The average Bonchev–Trinajstić information content (AvgIpc) is 3.15. The fourth-order valence-electron chi connectivity index (χ4n) is 3.24. The van der Waals surface area contributed by atoms with Crippen molar-refractivity contribution in [1.29, 1.82) is 0 Å². The van der Waals surface area contributed by atoms with Gasteiger partial charge in [0, 0.05) is 19.6 Å². The van der Waals surface area contributed by atoms with Gasteiger partial charge in [-0.1, -0.05) is 6.07 Å². The van der Waals surface area contributed by atoms with Crippen LogP contribution in [0, 0.1) is 13.8 Å². The minimum absolute atomic E-state index is 0.0301. The quantitative estimate of drug-likeness (QED) is 0.810. The fraction of sp³-hybridized carbons (Fsp3) is 0.450. The Morgan fingerprint density at radius 3 is 2.65 bits per heavy atom. The number of morpholine rings is 1. The third kappa shape index (κ3) is 5.30. The number of hydrogen-bond donors (Lipinski definition) is 1. The number of aryl methyl sites for hydroxylation is 2. The van der Waals surface area contributed by atoms with Gasteiger partial charge in [0.05, 0.1) is 19.3 Å². The van der Waals surface area contributed by atoms with E-state index in [0.717, 1.165) is 43.2 Å². The summed E-state index contributed by atoms with van der Waals surface area (Å²) in [5.74, 6) is 0.637. The highest BCUT2D eigenvalue weighted by atomic mass is 32.1. The number of thiophene rings is 1. The number of nitrogens with zero attached hydrogens (tertiary/aromatic N) is 1. The van der Waals surface area contributed by atoms with Crippen LogP contribution in [0.2, 0.25) is 0 Å². The second-order valence-corrected chi connectivity index (χ2v) is 7.42. The van der Waals surface area contributed by atoms with Crippen LogP contribution in [-0.4, -0.2) is 50.3 Å². The van der Waals surface area contributed by atoms with E-state index in [1.165, 1.54) is 5.56 Å². The van der Waals surface area contributed by atoms with Gasteiger partial charge in [-0.3, -0.25) is 9.69 Å². The predicted octanol–water partition coefficient (Wildman–Crippen LogP) is 2.93. The lowest BCUT2D eigenvalue weighted by atomic mass is 10.1. The molecule has 5 nitrogen and oxygen atoms in total. The van der Waals surface area contributed by atoms with Crippen LogP contribution in [0.5, 0.6) is 5.75 Å². The molecule has 140 valence electrons. The summed E-state index contributed by atoms with van der Waals surface area (Å²) in [6.07, 6.45) is 0. The SMILES string of the molecule is Cc1cc(C)cc(OCC(=O)NCC(c2ccsc2)N2CCOCC2)c1. The van der Waals surface area contributed by atoms with E-state index in [9.17, 15) is 4.79 Å². The molecule has 26 heavy (non-hydrogen) atoms. The molecule has 1 unspecified atom stereocenters. The lowest BCUT2D eigenvalue weighted by Crippen LogP contribution is -2.44. The van der Waals surface area contributed by atoms with Crippen molar-refractivity contribution >= 4 is 17.2 Å². The second kappa shape index (κ2) is 9.16. The molecule has 0 saturated carbocycles. The van der Waals surface area contributed by atoms with Crippen molar-refractivity contribution in [3.8, 4) is 5.75 Å². The molecule has 1 aromatic carbocycles. The van der Waals surface area contributed by atoms with Crippen LogP contribution in [0.1, 0.15) is 22.7 Å². The lowest BCUT2D eigenvalue weighted by Gasteiger charge is -2.34. The third-order valence-corrected chi connectivity index (χ3v) is 5.17. The topological polar surface area (TPSA) is 50.8 Å². The number of hydrogen-bond acceptors (Lipinski definition) is 5.